The molecule has 0 N–H and O–H groups in total. The maximum atomic E-state index is 8.20. The summed E-state index contributed by atoms with van der Waals surface area (Å²) in [5.41, 5.74) is 0.720. The summed E-state index contributed by atoms with van der Waals surface area (Å²) < 4.78 is 147. The van der Waals surface area contributed by atoms with E-state index in [-0.39, 0.29) is 53.6 Å². The molecule has 8 rings (SSSR count). The van der Waals surface area contributed by atoms with Crippen molar-refractivity contribution in [3.8, 4) is 33.6 Å². The Morgan fingerprint density at radius 1 is 0.583 bits per heavy atom. The molecule has 0 aliphatic heterocycles. The van der Waals surface area contributed by atoms with Gasteiger partial charge in [0.1, 0.15) is 5.58 Å². The molecule has 3 aromatic heterocycles. The summed E-state index contributed by atoms with van der Waals surface area (Å²) in [4.78, 5) is 8.49. The first-order valence-electron chi connectivity index (χ1n) is 23.5. The van der Waals surface area contributed by atoms with Crippen molar-refractivity contribution in [2.24, 2.45) is 0 Å². The van der Waals surface area contributed by atoms with Gasteiger partial charge < -0.3 is 14.4 Å². The van der Waals surface area contributed by atoms with Gasteiger partial charge in [-0.15, -0.1) is 53.6 Å². The summed E-state index contributed by atoms with van der Waals surface area (Å²) in [6.07, 6.45) is 2.40. The topological polar surface area (TPSA) is 38.9 Å². The largest absolute Gasteiger partial charge is 0.500 e. The second kappa shape index (κ2) is 13.7. The molecule has 3 heterocycles. The number of rotatable bonds is 3. The fourth-order valence-electron chi connectivity index (χ4n) is 5.43. The average Bonchev–Trinajstić information content (AvgIpc) is 3.61. The van der Waals surface area contributed by atoms with Gasteiger partial charge in [0.2, 0.25) is 0 Å². The molecule has 0 aliphatic carbocycles. The van der Waals surface area contributed by atoms with Crippen molar-refractivity contribution in [1.82, 2.24) is 9.97 Å². The standard InChI is InChI=1S/C31H24NO.C13H12N.Ir/c1-18-14-20(3)27(15-19(18)2)28-16-29(32-17-21(28)4)26-11-7-10-24-25-13-12-22-8-5-6-9-23(22)30(25)33-31(24)26;1-10-3-6-12(7-4-10)13-8-5-11(2)9-14-13;/h5-10,12-17H,1-4H3;3-6,8-9H,1-2H3;/q2*-1;/i1D3,2D3,3D3,4D3;1D3,2D3;. The number of aromatic nitrogens is 2. The maximum Gasteiger partial charge on any atom is 0.128 e. The molecule has 0 amide bonds. The van der Waals surface area contributed by atoms with Gasteiger partial charge in [0, 0.05) is 67.9 Å². The van der Waals surface area contributed by atoms with Crippen LogP contribution in [0.15, 0.2) is 114 Å². The number of hydrogen-bond acceptors (Lipinski definition) is 3. The number of pyridine rings is 2. The van der Waals surface area contributed by atoms with Gasteiger partial charge in [-0.3, -0.25) is 0 Å². The molecule has 0 unspecified atom stereocenters. The number of furan rings is 1. The summed E-state index contributed by atoms with van der Waals surface area (Å²) in [6, 6.07) is 31.8. The van der Waals surface area contributed by atoms with Gasteiger partial charge in [-0.25, -0.2) is 0 Å². The zero-order chi connectivity index (χ0) is 47.7. The van der Waals surface area contributed by atoms with E-state index in [1.807, 2.05) is 42.5 Å². The summed E-state index contributed by atoms with van der Waals surface area (Å²) in [5.74, 6) is 0. The molecule has 5 aromatic carbocycles. The number of aryl methyl sites for hydroxylation is 6. The van der Waals surface area contributed by atoms with Crippen molar-refractivity contribution in [1.29, 1.82) is 0 Å². The van der Waals surface area contributed by atoms with Gasteiger partial charge in [-0.05, 0) is 90.0 Å². The molecule has 8 aromatic rings. The Balaban J connectivity index is 0.000000288. The third-order valence-electron chi connectivity index (χ3n) is 7.78. The van der Waals surface area contributed by atoms with E-state index in [1.54, 1.807) is 18.2 Å². The normalized spacial score (nSPS) is 18.1. The third-order valence-corrected chi connectivity index (χ3v) is 7.78. The number of hydrogen-bond donors (Lipinski definition) is 0. The van der Waals surface area contributed by atoms with Crippen LogP contribution in [0.1, 0.15) is 58.1 Å². The van der Waals surface area contributed by atoms with Crippen molar-refractivity contribution in [2.75, 3.05) is 0 Å². The molecule has 0 fully saturated rings. The Morgan fingerprint density at radius 3 is 2.12 bits per heavy atom. The van der Waals surface area contributed by atoms with E-state index in [2.05, 4.69) is 22.1 Å². The molecule has 4 heteroatoms. The van der Waals surface area contributed by atoms with Crippen molar-refractivity contribution >= 4 is 32.7 Å². The molecule has 48 heavy (non-hydrogen) atoms. The maximum absolute atomic E-state index is 8.20. The van der Waals surface area contributed by atoms with E-state index >= 15 is 0 Å². The Labute approximate surface area is 321 Å². The number of benzene rings is 5. The van der Waals surface area contributed by atoms with Crippen LogP contribution in [-0.2, 0) is 20.1 Å². The Morgan fingerprint density at radius 2 is 1.35 bits per heavy atom. The first-order chi connectivity index (χ1) is 30.0. The van der Waals surface area contributed by atoms with E-state index in [0.29, 0.717) is 28.0 Å². The van der Waals surface area contributed by atoms with Crippen LogP contribution in [0.4, 0.5) is 0 Å². The van der Waals surface area contributed by atoms with Crippen LogP contribution in [0.25, 0.3) is 66.4 Å². The van der Waals surface area contributed by atoms with Gasteiger partial charge in [-0.1, -0.05) is 84.5 Å². The predicted molar refractivity (Wildman–Crippen MR) is 196 cm³/mol. The van der Waals surface area contributed by atoms with Crippen molar-refractivity contribution in [2.45, 2.75) is 41.1 Å². The first-order valence-corrected chi connectivity index (χ1v) is 14.5. The minimum atomic E-state index is -2.95. The van der Waals surface area contributed by atoms with Gasteiger partial charge in [0.05, 0.1) is 5.58 Å². The zero-order valence-corrected chi connectivity index (χ0v) is 27.4. The van der Waals surface area contributed by atoms with Crippen molar-refractivity contribution in [3.05, 3.63) is 155 Å². The molecule has 0 aliphatic rings. The first kappa shape index (κ1) is 17.5. The molecule has 0 saturated carbocycles. The zero-order valence-electron chi connectivity index (χ0n) is 43.0. The quantitative estimate of drug-likeness (QED) is 0.167. The molecule has 0 bridgehead atoms. The number of nitrogens with zero attached hydrogens (tertiary/aromatic N) is 2. The van der Waals surface area contributed by atoms with Crippen molar-refractivity contribution < 1.29 is 49.2 Å². The molecule has 3 nitrogen and oxygen atoms in total. The van der Waals surface area contributed by atoms with Crippen LogP contribution in [0, 0.1) is 53.2 Å². The second-order valence-electron chi connectivity index (χ2n) is 10.8. The van der Waals surface area contributed by atoms with E-state index in [1.165, 1.54) is 30.5 Å². The fourth-order valence-corrected chi connectivity index (χ4v) is 5.43. The molecule has 0 saturated heterocycles. The summed E-state index contributed by atoms with van der Waals surface area (Å²) in [5, 5.41) is 3.45. The van der Waals surface area contributed by atoms with Crippen LogP contribution in [0.2, 0.25) is 0 Å². The molecule has 0 atom stereocenters. The Hall–Kier alpha value is -4.89. The molecule has 239 valence electrons. The van der Waals surface area contributed by atoms with Gasteiger partial charge in [0.15, 0.2) is 0 Å². The molecule has 0 spiro atoms. The van der Waals surface area contributed by atoms with Crippen LogP contribution in [0.5, 0.6) is 0 Å². The van der Waals surface area contributed by atoms with Crippen LogP contribution >= 0.6 is 0 Å². The average molecular weight is 819 g/mol. The fraction of sp³-hybridized carbons (Fsp3) is 0.136. The van der Waals surface area contributed by atoms with Crippen molar-refractivity contribution in [3.63, 3.8) is 0 Å². The smallest absolute Gasteiger partial charge is 0.128 e. The SMILES string of the molecule is [2H]C([2H])([2H])c1c[c-]c(-c2ccc(C([2H])([2H])[2H])cn2)cc1.[2H]C([2H])([2H])c1cnc(-c2[c-]ccc3c2oc2c4ccccc4ccc32)cc1-c1cc(C([2H])([2H])[2H])c(C([2H])([2H])[2H])cc1C([2H])([2H])[2H].[Ir]. The van der Waals surface area contributed by atoms with E-state index in [4.69, 9.17) is 29.1 Å². The second-order valence-corrected chi connectivity index (χ2v) is 10.8. The minimum absolute atomic E-state index is 0. The molecular weight excluding hydrogens is 765 g/mol. The van der Waals surface area contributed by atoms with Crippen LogP contribution < -0.4 is 0 Å². The van der Waals surface area contributed by atoms with Gasteiger partial charge in [-0.2, -0.15) is 0 Å². The van der Waals surface area contributed by atoms with Crippen LogP contribution in [0.3, 0.4) is 0 Å². The predicted octanol–water partition coefficient (Wildman–Crippen LogP) is 11.7. The molecular formula is C44H36IrN2O-2. The monoisotopic (exact) mass is 819 g/mol. The van der Waals surface area contributed by atoms with E-state index in [0.717, 1.165) is 39.9 Å². The van der Waals surface area contributed by atoms with Gasteiger partial charge in [0.25, 0.3) is 0 Å². The minimum Gasteiger partial charge on any atom is -0.500 e. The van der Waals surface area contributed by atoms with Crippen LogP contribution in [-0.4, -0.2) is 9.97 Å². The molecule has 1 radical (unpaired) electrons. The Kier molecular flexibility index (Phi) is 4.99. The summed E-state index contributed by atoms with van der Waals surface area (Å²) in [6.45, 7) is -15.9. The summed E-state index contributed by atoms with van der Waals surface area (Å²) >= 11 is 0. The number of fused-ring (bicyclic) bond motifs is 5. The van der Waals surface area contributed by atoms with Gasteiger partial charge >= 0.3 is 0 Å². The third kappa shape index (κ3) is 6.34. The van der Waals surface area contributed by atoms with E-state index in [9.17, 15) is 0 Å². The Bertz CT molecular complexity index is 3000. The van der Waals surface area contributed by atoms with E-state index < -0.39 is 57.8 Å². The summed E-state index contributed by atoms with van der Waals surface area (Å²) in [7, 11) is 0.